The Morgan fingerprint density at radius 2 is 1.77 bits per heavy atom. The van der Waals surface area contributed by atoms with E-state index in [2.05, 4.69) is 18.2 Å². The molecule has 5 aromatic rings. The second-order valence-corrected chi connectivity index (χ2v) is 11.2. The highest BCUT2D eigenvalue weighted by Crippen LogP contribution is 2.41. The van der Waals surface area contributed by atoms with E-state index in [9.17, 15) is 9.59 Å². The predicted molar refractivity (Wildman–Crippen MR) is 155 cm³/mol. The summed E-state index contributed by atoms with van der Waals surface area (Å²) in [4.78, 5) is 30.7. The number of aryl methyl sites for hydroxylation is 1. The Morgan fingerprint density at radius 1 is 1.00 bits per heavy atom. The molecule has 1 atom stereocenters. The molecule has 196 valence electrons. The Bertz CT molecular complexity index is 2010. The molecular formula is C32H21ClN2O4S. The van der Waals surface area contributed by atoms with Crippen LogP contribution in [0, 0.1) is 0 Å². The van der Waals surface area contributed by atoms with Crippen LogP contribution >= 0.6 is 22.9 Å². The van der Waals surface area contributed by atoms with E-state index in [-0.39, 0.29) is 17.2 Å². The number of furan rings is 1. The molecule has 0 spiro atoms. The number of hydrogen-bond donors (Lipinski definition) is 1. The number of carboxylic acid groups (broad SMARTS) is 1. The molecule has 40 heavy (non-hydrogen) atoms. The van der Waals surface area contributed by atoms with Gasteiger partial charge in [-0.25, -0.2) is 9.79 Å². The van der Waals surface area contributed by atoms with Gasteiger partial charge < -0.3 is 9.52 Å². The smallest absolute Gasteiger partial charge is 0.335 e. The van der Waals surface area contributed by atoms with Crippen LogP contribution < -0.4 is 14.9 Å². The summed E-state index contributed by atoms with van der Waals surface area (Å²) in [6.45, 7) is 0. The van der Waals surface area contributed by atoms with Crippen molar-refractivity contribution in [3.63, 3.8) is 0 Å². The molecule has 0 fully saturated rings. The molecule has 3 aromatic carbocycles. The van der Waals surface area contributed by atoms with Crippen LogP contribution in [0.4, 0.5) is 0 Å². The van der Waals surface area contributed by atoms with Gasteiger partial charge in [0.2, 0.25) is 0 Å². The van der Waals surface area contributed by atoms with Crippen LogP contribution in [-0.2, 0) is 6.42 Å². The monoisotopic (exact) mass is 564 g/mol. The fraction of sp³-hybridized carbons (Fsp3) is 0.0938. The van der Waals surface area contributed by atoms with Crippen molar-refractivity contribution in [3.05, 3.63) is 143 Å². The van der Waals surface area contributed by atoms with Crippen LogP contribution in [0.2, 0.25) is 5.02 Å². The second-order valence-electron chi connectivity index (χ2n) is 9.75. The van der Waals surface area contributed by atoms with Gasteiger partial charge >= 0.3 is 5.97 Å². The zero-order valence-electron chi connectivity index (χ0n) is 21.0. The number of aromatic nitrogens is 1. The molecule has 3 heterocycles. The van der Waals surface area contributed by atoms with Gasteiger partial charge in [-0.1, -0.05) is 71.5 Å². The molecule has 7 rings (SSSR count). The molecule has 0 radical (unpaired) electrons. The number of fused-ring (bicyclic) bond motifs is 3. The lowest BCUT2D eigenvalue weighted by Gasteiger charge is -2.30. The summed E-state index contributed by atoms with van der Waals surface area (Å²) in [6, 6.07) is 25.8. The zero-order valence-corrected chi connectivity index (χ0v) is 22.6. The molecular weight excluding hydrogens is 544 g/mol. The van der Waals surface area contributed by atoms with Crippen molar-refractivity contribution >= 4 is 40.7 Å². The first-order chi connectivity index (χ1) is 19.5. The van der Waals surface area contributed by atoms with Crippen molar-refractivity contribution in [1.29, 1.82) is 0 Å². The number of aromatic carboxylic acids is 1. The van der Waals surface area contributed by atoms with Gasteiger partial charge in [0.15, 0.2) is 4.80 Å². The summed E-state index contributed by atoms with van der Waals surface area (Å²) in [5, 5.41) is 9.80. The summed E-state index contributed by atoms with van der Waals surface area (Å²) in [5.74, 6) is 0.130. The first-order valence-electron chi connectivity index (χ1n) is 12.8. The number of hydrogen-bond acceptors (Lipinski definition) is 5. The van der Waals surface area contributed by atoms with Crippen LogP contribution in [0.15, 0.2) is 105 Å². The molecule has 0 amide bonds. The van der Waals surface area contributed by atoms with E-state index in [1.165, 1.54) is 29.0 Å². The molecule has 0 bridgehead atoms. The maximum atomic E-state index is 13.9. The van der Waals surface area contributed by atoms with E-state index in [0.717, 1.165) is 40.8 Å². The fourth-order valence-corrected chi connectivity index (χ4v) is 6.57. The van der Waals surface area contributed by atoms with Crippen molar-refractivity contribution in [2.45, 2.75) is 18.9 Å². The molecule has 6 nitrogen and oxygen atoms in total. The molecule has 1 aliphatic heterocycles. The highest BCUT2D eigenvalue weighted by atomic mass is 35.5. The van der Waals surface area contributed by atoms with Gasteiger partial charge in [-0.15, -0.1) is 0 Å². The lowest BCUT2D eigenvalue weighted by molar-refractivity contribution is 0.0697. The van der Waals surface area contributed by atoms with Gasteiger partial charge in [-0.3, -0.25) is 9.36 Å². The molecule has 2 aliphatic rings. The lowest BCUT2D eigenvalue weighted by atomic mass is 9.83. The van der Waals surface area contributed by atoms with E-state index < -0.39 is 5.97 Å². The van der Waals surface area contributed by atoms with Crippen LogP contribution in [0.3, 0.4) is 0 Å². The topological polar surface area (TPSA) is 84.8 Å². The van der Waals surface area contributed by atoms with E-state index in [0.29, 0.717) is 25.9 Å². The Kier molecular flexibility index (Phi) is 5.91. The first-order valence-corrected chi connectivity index (χ1v) is 14.0. The highest BCUT2D eigenvalue weighted by molar-refractivity contribution is 7.07. The van der Waals surface area contributed by atoms with Gasteiger partial charge in [-0.05, 0) is 65.9 Å². The number of nitrogens with zero attached hydrogens (tertiary/aromatic N) is 2. The van der Waals surface area contributed by atoms with Crippen molar-refractivity contribution in [3.8, 4) is 11.3 Å². The molecule has 8 heteroatoms. The third kappa shape index (κ3) is 4.15. The summed E-state index contributed by atoms with van der Waals surface area (Å²) in [7, 11) is 0. The Balaban J connectivity index is 1.36. The van der Waals surface area contributed by atoms with Gasteiger partial charge in [0.05, 0.1) is 21.8 Å². The van der Waals surface area contributed by atoms with Crippen molar-refractivity contribution < 1.29 is 14.3 Å². The Morgan fingerprint density at radius 3 is 2.55 bits per heavy atom. The summed E-state index contributed by atoms with van der Waals surface area (Å²) in [6.07, 6.45) is 3.45. The minimum absolute atomic E-state index is 0.127. The maximum Gasteiger partial charge on any atom is 0.335 e. The summed E-state index contributed by atoms with van der Waals surface area (Å²) >= 11 is 7.55. The van der Waals surface area contributed by atoms with E-state index in [1.807, 2.05) is 36.4 Å². The normalized spacial score (nSPS) is 16.2. The number of carboxylic acids is 1. The van der Waals surface area contributed by atoms with Gasteiger partial charge in [-0.2, -0.15) is 0 Å². The number of thiazole rings is 1. The van der Waals surface area contributed by atoms with Crippen LogP contribution in [0.25, 0.3) is 23.1 Å². The highest BCUT2D eigenvalue weighted by Gasteiger charge is 2.32. The number of benzene rings is 3. The molecule has 2 aromatic heterocycles. The second kappa shape index (κ2) is 9.62. The minimum Gasteiger partial charge on any atom is -0.478 e. The Labute approximate surface area is 237 Å². The molecule has 1 aliphatic carbocycles. The summed E-state index contributed by atoms with van der Waals surface area (Å²) < 4.78 is 8.34. The largest absolute Gasteiger partial charge is 0.478 e. The SMILES string of the molecule is O=C(O)c1ccc(-c2ccc(/C=c3/sc4n(c3=O)[C@H](c3ccc(Cl)cc3)C3=C(N=4)c4ccccc4CC3)o2)cc1. The minimum atomic E-state index is -0.982. The van der Waals surface area contributed by atoms with Gasteiger partial charge in [0.25, 0.3) is 5.56 Å². The van der Waals surface area contributed by atoms with Crippen molar-refractivity contribution in [2.75, 3.05) is 0 Å². The Hall–Kier alpha value is -4.46. The lowest BCUT2D eigenvalue weighted by Crippen LogP contribution is -2.38. The third-order valence-corrected chi connectivity index (χ3v) is 8.61. The van der Waals surface area contributed by atoms with E-state index >= 15 is 0 Å². The quantitative estimate of drug-likeness (QED) is 0.293. The number of halogens is 1. The molecule has 0 saturated heterocycles. The van der Waals surface area contributed by atoms with Crippen LogP contribution in [-0.4, -0.2) is 15.6 Å². The fourth-order valence-electron chi connectivity index (χ4n) is 5.46. The zero-order chi connectivity index (χ0) is 27.4. The standard InChI is InChI=1S/C32H21ClN2O4S/c33-22-12-9-20(10-13-22)29-25-15-11-18-3-1-2-4-24(18)28(25)34-32-35(29)30(36)27(40-32)17-23-14-16-26(39-23)19-5-7-21(8-6-19)31(37)38/h1-10,12-14,16-17,29H,11,15H2,(H,37,38)/b27-17+/t29-/m1/s1. The molecule has 1 N–H and O–H groups in total. The predicted octanol–water partition coefficient (Wildman–Crippen LogP) is 5.93. The van der Waals surface area contributed by atoms with Crippen LogP contribution in [0.5, 0.6) is 0 Å². The number of carbonyl (C=O) groups is 1. The van der Waals surface area contributed by atoms with Crippen LogP contribution in [0.1, 0.15) is 45.3 Å². The third-order valence-electron chi connectivity index (χ3n) is 7.38. The van der Waals surface area contributed by atoms with Crippen molar-refractivity contribution in [1.82, 2.24) is 4.57 Å². The molecule has 0 unspecified atom stereocenters. The number of allylic oxidation sites excluding steroid dienone is 1. The number of rotatable bonds is 4. The molecule has 0 saturated carbocycles. The van der Waals surface area contributed by atoms with Gasteiger partial charge in [0, 0.05) is 22.2 Å². The average Bonchev–Trinajstić information content (AvgIpc) is 3.57. The average molecular weight is 565 g/mol. The van der Waals surface area contributed by atoms with E-state index in [1.54, 1.807) is 28.8 Å². The van der Waals surface area contributed by atoms with E-state index in [4.69, 9.17) is 26.1 Å². The maximum absolute atomic E-state index is 13.9. The van der Waals surface area contributed by atoms with Crippen molar-refractivity contribution in [2.24, 2.45) is 4.99 Å². The first kappa shape index (κ1) is 24.6. The van der Waals surface area contributed by atoms with Gasteiger partial charge in [0.1, 0.15) is 11.5 Å². The summed E-state index contributed by atoms with van der Waals surface area (Å²) in [5.41, 5.74) is 6.27.